The van der Waals surface area contributed by atoms with E-state index in [1.807, 2.05) is 0 Å². The fraction of sp³-hybridized carbons (Fsp3) is 0. The van der Waals surface area contributed by atoms with E-state index in [1.54, 1.807) is 36.4 Å². The summed E-state index contributed by atoms with van der Waals surface area (Å²) < 4.78 is 25.8. The van der Waals surface area contributed by atoms with E-state index in [0.29, 0.717) is 5.56 Å². The van der Waals surface area contributed by atoms with Crippen LogP contribution in [0.2, 0.25) is 0 Å². The molecule has 7 heteroatoms. The first-order valence-corrected chi connectivity index (χ1v) is 6.50. The number of carboxylic acids is 1. The van der Waals surface area contributed by atoms with Crippen molar-refractivity contribution in [3.63, 3.8) is 0 Å². The number of aromatic carboxylic acids is 1. The summed E-state index contributed by atoms with van der Waals surface area (Å²) in [6, 6.07) is 15.2. The smallest absolute Gasteiger partial charge is 0.354 e. The summed E-state index contributed by atoms with van der Waals surface area (Å²) in [5.41, 5.74) is 0.717. The number of aromatic nitrogens is 2. The summed E-state index contributed by atoms with van der Waals surface area (Å²) in [6.45, 7) is 0. The molecule has 1 aromatic carbocycles. The molecule has 3 rings (SSSR count). The second kappa shape index (κ2) is 9.58. The van der Waals surface area contributed by atoms with Crippen LogP contribution < -0.4 is 0 Å². The van der Waals surface area contributed by atoms with Crippen LogP contribution in [0.3, 0.4) is 0 Å². The molecule has 1 radical (unpaired) electrons. The molecule has 0 aliphatic carbocycles. The molecule has 0 spiro atoms. The standard InChI is InChI=1S/C11H6F2N.C6H5NO2.Rh/c12-9-6-10(13)11(14-7-9)8-4-2-1-3-5-8;8-6(9)5-3-1-2-4-7-5;/h1-4,6-7H;1-4H,(H,8,9);/q-1;;. The van der Waals surface area contributed by atoms with Gasteiger partial charge < -0.3 is 5.11 Å². The molecule has 3 aromatic rings. The number of nitrogens with zero attached hydrogens (tertiary/aromatic N) is 2. The van der Waals surface area contributed by atoms with Crippen LogP contribution in [0, 0.1) is 17.7 Å². The molecule has 0 aliphatic rings. The Kier molecular flexibility index (Phi) is 7.79. The van der Waals surface area contributed by atoms with Crippen LogP contribution in [0.15, 0.2) is 60.9 Å². The molecule has 125 valence electrons. The Morgan fingerprint density at radius 2 is 1.83 bits per heavy atom. The topological polar surface area (TPSA) is 63.1 Å². The number of pyridine rings is 2. The molecule has 4 nitrogen and oxygen atoms in total. The Balaban J connectivity index is 0.000000252. The molecule has 0 aliphatic heterocycles. The Bertz CT molecular complexity index is 787. The normalized spacial score (nSPS) is 9.25. The van der Waals surface area contributed by atoms with E-state index in [2.05, 4.69) is 16.0 Å². The predicted molar refractivity (Wildman–Crippen MR) is 79.6 cm³/mol. The monoisotopic (exact) mass is 416 g/mol. The Hall–Kier alpha value is -2.53. The zero-order chi connectivity index (χ0) is 16.7. The van der Waals surface area contributed by atoms with Crippen molar-refractivity contribution in [2.24, 2.45) is 0 Å². The van der Waals surface area contributed by atoms with E-state index in [4.69, 9.17) is 5.11 Å². The Labute approximate surface area is 150 Å². The molecular weight excluding hydrogens is 405 g/mol. The molecule has 0 saturated heterocycles. The summed E-state index contributed by atoms with van der Waals surface area (Å²) in [5.74, 6) is -2.34. The fourth-order valence-corrected chi connectivity index (χ4v) is 1.64. The van der Waals surface area contributed by atoms with Gasteiger partial charge in [0.2, 0.25) is 0 Å². The van der Waals surface area contributed by atoms with Crippen molar-refractivity contribution in [2.45, 2.75) is 0 Å². The minimum atomic E-state index is -0.990. The molecule has 0 saturated carbocycles. The van der Waals surface area contributed by atoms with Gasteiger partial charge in [-0.3, -0.25) is 4.98 Å². The van der Waals surface area contributed by atoms with Gasteiger partial charge in [0, 0.05) is 37.4 Å². The van der Waals surface area contributed by atoms with Gasteiger partial charge in [-0.1, -0.05) is 6.07 Å². The first-order chi connectivity index (χ1) is 11.1. The van der Waals surface area contributed by atoms with E-state index in [-0.39, 0.29) is 30.9 Å². The van der Waals surface area contributed by atoms with E-state index in [9.17, 15) is 13.6 Å². The van der Waals surface area contributed by atoms with Gasteiger partial charge in [0.15, 0.2) is 0 Å². The molecule has 0 unspecified atom stereocenters. The van der Waals surface area contributed by atoms with Crippen molar-refractivity contribution >= 4 is 5.97 Å². The van der Waals surface area contributed by atoms with Gasteiger partial charge in [-0.25, -0.2) is 18.6 Å². The average molecular weight is 416 g/mol. The number of carboxylic acid groups (broad SMARTS) is 1. The van der Waals surface area contributed by atoms with Crippen molar-refractivity contribution in [2.75, 3.05) is 0 Å². The number of halogens is 2. The number of carbonyl (C=O) groups is 1. The minimum absolute atomic E-state index is 0. The molecule has 0 atom stereocenters. The molecule has 0 amide bonds. The second-order valence-corrected chi connectivity index (χ2v) is 4.28. The van der Waals surface area contributed by atoms with Crippen molar-refractivity contribution in [3.05, 3.63) is 84.3 Å². The third kappa shape index (κ3) is 5.59. The zero-order valence-corrected chi connectivity index (χ0v) is 13.8. The summed E-state index contributed by atoms with van der Waals surface area (Å²) >= 11 is 0. The molecule has 1 N–H and O–H groups in total. The van der Waals surface area contributed by atoms with Crippen LogP contribution in [-0.2, 0) is 19.5 Å². The molecule has 2 aromatic heterocycles. The minimum Gasteiger partial charge on any atom is -0.477 e. The van der Waals surface area contributed by atoms with E-state index < -0.39 is 17.6 Å². The average Bonchev–Trinajstić information content (AvgIpc) is 2.57. The van der Waals surface area contributed by atoms with Crippen LogP contribution >= 0.6 is 0 Å². The van der Waals surface area contributed by atoms with Gasteiger partial charge in [-0.15, -0.1) is 35.9 Å². The maximum atomic E-state index is 13.2. The zero-order valence-electron chi connectivity index (χ0n) is 12.1. The van der Waals surface area contributed by atoms with Crippen LogP contribution in [0.5, 0.6) is 0 Å². The maximum Gasteiger partial charge on any atom is 0.354 e. The molecule has 0 fully saturated rings. The maximum absolute atomic E-state index is 13.2. The molecule has 0 bridgehead atoms. The van der Waals surface area contributed by atoms with Crippen LogP contribution in [-0.4, -0.2) is 21.0 Å². The summed E-state index contributed by atoms with van der Waals surface area (Å²) in [4.78, 5) is 17.4. The van der Waals surface area contributed by atoms with Crippen molar-refractivity contribution in [3.8, 4) is 11.3 Å². The van der Waals surface area contributed by atoms with Crippen molar-refractivity contribution in [1.82, 2.24) is 9.97 Å². The van der Waals surface area contributed by atoms with E-state index in [1.165, 1.54) is 12.3 Å². The van der Waals surface area contributed by atoms with Gasteiger partial charge >= 0.3 is 5.97 Å². The quantitative estimate of drug-likeness (QED) is 0.512. The SMILES string of the molecule is Fc1cnc(-c2[c-]cccc2)c(F)c1.O=C(O)c1ccccn1.[Rh]. The second-order valence-electron chi connectivity index (χ2n) is 4.28. The number of hydrogen-bond acceptors (Lipinski definition) is 3. The van der Waals surface area contributed by atoms with Crippen LogP contribution in [0.1, 0.15) is 10.5 Å². The fourth-order valence-electron chi connectivity index (χ4n) is 1.64. The molecule has 24 heavy (non-hydrogen) atoms. The third-order valence-electron chi connectivity index (χ3n) is 2.66. The van der Waals surface area contributed by atoms with Gasteiger partial charge in [0.05, 0.1) is 6.20 Å². The third-order valence-corrected chi connectivity index (χ3v) is 2.66. The number of hydrogen-bond donors (Lipinski definition) is 1. The predicted octanol–water partition coefficient (Wildman–Crippen LogP) is 3.60. The largest absolute Gasteiger partial charge is 0.477 e. The summed E-state index contributed by atoms with van der Waals surface area (Å²) in [5, 5.41) is 8.32. The molecular formula is C17H11F2N2O2Rh-. The Morgan fingerprint density at radius 3 is 2.33 bits per heavy atom. The van der Waals surface area contributed by atoms with Gasteiger partial charge in [-0.05, 0) is 12.1 Å². The Morgan fingerprint density at radius 1 is 1.08 bits per heavy atom. The van der Waals surface area contributed by atoms with E-state index >= 15 is 0 Å². The first-order valence-electron chi connectivity index (χ1n) is 6.50. The van der Waals surface area contributed by atoms with Crippen LogP contribution in [0.25, 0.3) is 11.3 Å². The number of benzene rings is 1. The first kappa shape index (κ1) is 19.5. The van der Waals surface area contributed by atoms with Gasteiger partial charge in [0.25, 0.3) is 0 Å². The number of rotatable bonds is 2. The van der Waals surface area contributed by atoms with Gasteiger partial charge in [-0.2, -0.15) is 0 Å². The van der Waals surface area contributed by atoms with Crippen LogP contribution in [0.4, 0.5) is 8.78 Å². The summed E-state index contributed by atoms with van der Waals surface area (Å²) in [6.07, 6.45) is 2.43. The van der Waals surface area contributed by atoms with Crippen molar-refractivity contribution in [1.29, 1.82) is 0 Å². The van der Waals surface area contributed by atoms with E-state index in [0.717, 1.165) is 12.3 Å². The van der Waals surface area contributed by atoms with Crippen molar-refractivity contribution < 1.29 is 38.2 Å². The summed E-state index contributed by atoms with van der Waals surface area (Å²) in [7, 11) is 0. The van der Waals surface area contributed by atoms with Gasteiger partial charge in [0.1, 0.15) is 17.3 Å². The molecule has 2 heterocycles.